The lowest BCUT2D eigenvalue weighted by Crippen LogP contribution is -2.27. The molecule has 144 valence electrons. The van der Waals surface area contributed by atoms with Crippen LogP contribution in [0.4, 0.5) is 11.4 Å². The third kappa shape index (κ3) is 4.74. The quantitative estimate of drug-likeness (QED) is 0.648. The number of nitrogens with zero attached hydrogens (tertiary/aromatic N) is 1. The lowest BCUT2D eigenvalue weighted by Gasteiger charge is -2.20. The normalized spacial score (nSPS) is 11.1. The molecule has 28 heavy (non-hydrogen) atoms. The predicted octanol–water partition coefficient (Wildman–Crippen LogP) is 4.49. The van der Waals surface area contributed by atoms with Gasteiger partial charge in [-0.05, 0) is 36.4 Å². The number of sulfonamides is 1. The van der Waals surface area contributed by atoms with Gasteiger partial charge in [-0.1, -0.05) is 54.2 Å². The van der Waals surface area contributed by atoms with Crippen LogP contribution in [0.2, 0.25) is 0 Å². The molecule has 0 atom stereocenters. The first kappa shape index (κ1) is 20.0. The van der Waals surface area contributed by atoms with Crippen molar-refractivity contribution in [1.29, 1.82) is 0 Å². The molecule has 0 aliphatic heterocycles. The molecule has 0 spiro atoms. The maximum Gasteiger partial charge on any atom is 0.257 e. The van der Waals surface area contributed by atoms with Gasteiger partial charge in [0.1, 0.15) is 0 Å². The Bertz CT molecular complexity index is 1080. The Morgan fingerprint density at radius 1 is 0.893 bits per heavy atom. The minimum Gasteiger partial charge on any atom is -0.321 e. The van der Waals surface area contributed by atoms with Gasteiger partial charge in [0.25, 0.3) is 5.91 Å². The Kier molecular flexibility index (Phi) is 6.06. The highest BCUT2D eigenvalue weighted by Crippen LogP contribution is 2.33. The van der Waals surface area contributed by atoms with Crippen molar-refractivity contribution in [3.63, 3.8) is 0 Å². The number of carbonyl (C=O) groups is 1. The fourth-order valence-corrected chi connectivity index (χ4v) is 4.02. The second-order valence-electron chi connectivity index (χ2n) is 6.11. The van der Waals surface area contributed by atoms with Crippen LogP contribution in [0.25, 0.3) is 0 Å². The Labute approximate surface area is 169 Å². The molecule has 0 fully saturated rings. The van der Waals surface area contributed by atoms with E-state index >= 15 is 0 Å². The summed E-state index contributed by atoms with van der Waals surface area (Å²) in [6.45, 7) is 0. The molecule has 3 aromatic carbocycles. The third-order valence-electron chi connectivity index (χ3n) is 4.09. The van der Waals surface area contributed by atoms with Crippen LogP contribution in [-0.4, -0.2) is 27.6 Å². The predicted molar refractivity (Wildman–Crippen MR) is 115 cm³/mol. The van der Waals surface area contributed by atoms with E-state index in [1.807, 2.05) is 54.6 Å². The zero-order valence-electron chi connectivity index (χ0n) is 15.5. The van der Waals surface area contributed by atoms with E-state index in [2.05, 4.69) is 5.32 Å². The van der Waals surface area contributed by atoms with Crippen molar-refractivity contribution in [3.05, 3.63) is 84.4 Å². The molecule has 0 heterocycles. The summed E-state index contributed by atoms with van der Waals surface area (Å²) in [4.78, 5) is 14.9. The highest BCUT2D eigenvalue weighted by molar-refractivity contribution is 7.99. The standard InChI is InChI=1S/C21H20N2O3S2/c1-23(28(2,25)26)19-14-8-6-12-17(19)21(24)22-18-13-7-9-15-20(18)27-16-10-4-3-5-11-16/h3-15H,1-2H3,(H,22,24). The number of amides is 1. The summed E-state index contributed by atoms with van der Waals surface area (Å²) in [6.07, 6.45) is 1.10. The van der Waals surface area contributed by atoms with Crippen molar-refractivity contribution in [1.82, 2.24) is 0 Å². The van der Waals surface area contributed by atoms with Crippen LogP contribution < -0.4 is 9.62 Å². The molecule has 3 aromatic rings. The van der Waals surface area contributed by atoms with Crippen LogP contribution in [-0.2, 0) is 10.0 Å². The molecule has 0 bridgehead atoms. The fraction of sp³-hybridized carbons (Fsp3) is 0.0952. The van der Waals surface area contributed by atoms with Crippen LogP contribution in [0.1, 0.15) is 10.4 Å². The van der Waals surface area contributed by atoms with Gasteiger partial charge in [-0.3, -0.25) is 9.10 Å². The van der Waals surface area contributed by atoms with Gasteiger partial charge in [0.15, 0.2) is 0 Å². The largest absolute Gasteiger partial charge is 0.321 e. The molecular weight excluding hydrogens is 392 g/mol. The number of para-hydroxylation sites is 2. The summed E-state index contributed by atoms with van der Waals surface area (Å²) in [5, 5.41) is 2.91. The van der Waals surface area contributed by atoms with Crippen LogP contribution >= 0.6 is 11.8 Å². The number of carbonyl (C=O) groups excluding carboxylic acids is 1. The summed E-state index contributed by atoms with van der Waals surface area (Å²) >= 11 is 1.55. The SMILES string of the molecule is CN(c1ccccc1C(=O)Nc1ccccc1Sc1ccccc1)S(C)(=O)=O. The highest BCUT2D eigenvalue weighted by atomic mass is 32.2. The van der Waals surface area contributed by atoms with Crippen LogP contribution in [0, 0.1) is 0 Å². The average Bonchev–Trinajstić information content (AvgIpc) is 2.69. The monoisotopic (exact) mass is 412 g/mol. The maximum atomic E-state index is 12.9. The van der Waals surface area contributed by atoms with Gasteiger partial charge in [0, 0.05) is 16.8 Å². The van der Waals surface area contributed by atoms with Gasteiger partial charge in [-0.25, -0.2) is 8.42 Å². The summed E-state index contributed by atoms with van der Waals surface area (Å²) in [5.74, 6) is -0.368. The molecule has 0 aromatic heterocycles. The number of anilines is 2. The van der Waals surface area contributed by atoms with Crippen molar-refractivity contribution in [2.75, 3.05) is 22.9 Å². The van der Waals surface area contributed by atoms with E-state index in [4.69, 9.17) is 0 Å². The number of rotatable bonds is 6. The highest BCUT2D eigenvalue weighted by Gasteiger charge is 2.20. The molecule has 0 saturated carbocycles. The summed E-state index contributed by atoms with van der Waals surface area (Å²) in [6, 6.07) is 24.0. The Morgan fingerprint density at radius 3 is 2.21 bits per heavy atom. The summed E-state index contributed by atoms with van der Waals surface area (Å²) < 4.78 is 24.9. The van der Waals surface area contributed by atoms with Gasteiger partial charge >= 0.3 is 0 Å². The molecule has 0 unspecified atom stereocenters. The van der Waals surface area contributed by atoms with E-state index in [0.717, 1.165) is 20.4 Å². The first-order chi connectivity index (χ1) is 13.4. The van der Waals surface area contributed by atoms with Crippen LogP contribution in [0.15, 0.2) is 88.7 Å². The smallest absolute Gasteiger partial charge is 0.257 e. The summed E-state index contributed by atoms with van der Waals surface area (Å²) in [5.41, 5.74) is 1.28. The van der Waals surface area contributed by atoms with Gasteiger partial charge in [-0.15, -0.1) is 0 Å². The molecule has 0 aliphatic carbocycles. The van der Waals surface area contributed by atoms with Gasteiger partial charge < -0.3 is 5.32 Å². The molecule has 7 heteroatoms. The van der Waals surface area contributed by atoms with Crippen molar-refractivity contribution in [3.8, 4) is 0 Å². The Balaban J connectivity index is 1.89. The number of hydrogen-bond acceptors (Lipinski definition) is 4. The molecule has 5 nitrogen and oxygen atoms in total. The van der Waals surface area contributed by atoms with E-state index < -0.39 is 10.0 Å². The van der Waals surface area contributed by atoms with Gasteiger partial charge in [0.2, 0.25) is 10.0 Å². The molecule has 3 rings (SSSR count). The van der Waals surface area contributed by atoms with E-state index in [9.17, 15) is 13.2 Å². The van der Waals surface area contributed by atoms with Crippen LogP contribution in [0.5, 0.6) is 0 Å². The van der Waals surface area contributed by atoms with Crippen molar-refractivity contribution >= 4 is 39.1 Å². The van der Waals surface area contributed by atoms with Crippen molar-refractivity contribution in [2.45, 2.75) is 9.79 Å². The molecule has 0 saturated heterocycles. The first-order valence-electron chi connectivity index (χ1n) is 8.52. The van der Waals surface area contributed by atoms with E-state index in [0.29, 0.717) is 11.4 Å². The first-order valence-corrected chi connectivity index (χ1v) is 11.2. The molecular formula is C21H20N2O3S2. The second-order valence-corrected chi connectivity index (χ2v) is 9.24. The lowest BCUT2D eigenvalue weighted by molar-refractivity contribution is 0.102. The fourth-order valence-electron chi connectivity index (χ4n) is 2.58. The van der Waals surface area contributed by atoms with E-state index in [1.54, 1.807) is 36.0 Å². The zero-order valence-corrected chi connectivity index (χ0v) is 17.1. The average molecular weight is 413 g/mol. The Hall–Kier alpha value is -2.77. The minimum atomic E-state index is -3.48. The molecule has 0 aliphatic rings. The second kappa shape index (κ2) is 8.50. The lowest BCUT2D eigenvalue weighted by atomic mass is 10.1. The van der Waals surface area contributed by atoms with Crippen molar-refractivity contribution < 1.29 is 13.2 Å². The third-order valence-corrected chi connectivity index (χ3v) is 6.37. The maximum absolute atomic E-state index is 12.9. The van der Waals surface area contributed by atoms with Gasteiger partial charge in [-0.2, -0.15) is 0 Å². The topological polar surface area (TPSA) is 66.5 Å². The van der Waals surface area contributed by atoms with Crippen molar-refractivity contribution in [2.24, 2.45) is 0 Å². The molecule has 0 radical (unpaired) electrons. The minimum absolute atomic E-state index is 0.287. The molecule has 1 amide bonds. The number of nitrogens with one attached hydrogen (secondary N) is 1. The number of hydrogen-bond donors (Lipinski definition) is 1. The van der Waals surface area contributed by atoms with Gasteiger partial charge in [0.05, 0.1) is 23.2 Å². The zero-order chi connectivity index (χ0) is 20.1. The number of benzene rings is 3. The van der Waals surface area contributed by atoms with E-state index in [1.165, 1.54) is 7.05 Å². The van der Waals surface area contributed by atoms with E-state index in [-0.39, 0.29) is 11.5 Å². The molecule has 1 N–H and O–H groups in total. The van der Waals surface area contributed by atoms with Crippen LogP contribution in [0.3, 0.4) is 0 Å². The Morgan fingerprint density at radius 2 is 1.50 bits per heavy atom. The summed E-state index contributed by atoms with van der Waals surface area (Å²) in [7, 11) is -2.05.